The number of hydrogen-bond donors (Lipinski definition) is 1. The maximum absolute atomic E-state index is 5.58. The van der Waals surface area contributed by atoms with Gasteiger partial charge in [-0.25, -0.2) is 0 Å². The van der Waals surface area contributed by atoms with Crippen LogP contribution in [0.25, 0.3) is 0 Å². The zero-order chi connectivity index (χ0) is 15.1. The molecular weight excluding hydrogens is 262 g/mol. The van der Waals surface area contributed by atoms with Crippen molar-refractivity contribution < 1.29 is 4.74 Å². The van der Waals surface area contributed by atoms with E-state index in [1.807, 2.05) is 0 Å². The summed E-state index contributed by atoms with van der Waals surface area (Å²) in [5.74, 6) is 1.00. The highest BCUT2D eigenvalue weighted by Gasteiger charge is 2.16. The Labute approximate surface area is 129 Å². The van der Waals surface area contributed by atoms with E-state index in [-0.39, 0.29) is 0 Å². The lowest BCUT2D eigenvalue weighted by Crippen LogP contribution is -2.21. The molecule has 0 radical (unpaired) electrons. The van der Waals surface area contributed by atoms with E-state index in [1.54, 1.807) is 7.11 Å². The van der Waals surface area contributed by atoms with Crippen LogP contribution < -0.4 is 15.0 Å². The third-order valence-electron chi connectivity index (χ3n) is 3.98. The molecular formula is C17H29N3O. The predicted octanol–water partition coefficient (Wildman–Crippen LogP) is 2.34. The van der Waals surface area contributed by atoms with Crippen LogP contribution in [-0.2, 0) is 6.54 Å². The molecule has 1 aliphatic rings. The second-order valence-electron chi connectivity index (χ2n) is 6.03. The van der Waals surface area contributed by atoms with Crippen LogP contribution in [0, 0.1) is 0 Å². The Morgan fingerprint density at radius 3 is 2.67 bits per heavy atom. The topological polar surface area (TPSA) is 27.7 Å². The van der Waals surface area contributed by atoms with E-state index in [1.165, 1.54) is 30.5 Å². The Bertz CT molecular complexity index is 428. The maximum Gasteiger partial charge on any atom is 0.142 e. The van der Waals surface area contributed by atoms with Crippen LogP contribution in [0.4, 0.5) is 5.69 Å². The first-order valence-corrected chi connectivity index (χ1v) is 7.98. The van der Waals surface area contributed by atoms with Gasteiger partial charge in [0.25, 0.3) is 0 Å². The highest BCUT2D eigenvalue weighted by Crippen LogP contribution is 2.31. The molecule has 1 fully saturated rings. The van der Waals surface area contributed by atoms with E-state index < -0.39 is 0 Å². The molecule has 0 amide bonds. The molecule has 0 saturated carbocycles. The molecule has 0 bridgehead atoms. The lowest BCUT2D eigenvalue weighted by molar-refractivity contribution is 0.394. The van der Waals surface area contributed by atoms with Crippen molar-refractivity contribution in [2.24, 2.45) is 0 Å². The average Bonchev–Trinajstić information content (AvgIpc) is 3.00. The SMILES string of the molecule is COc1cc(CNCCCN(C)C)ccc1N1CCCC1. The molecule has 0 aromatic heterocycles. The molecule has 1 N–H and O–H groups in total. The fourth-order valence-corrected chi connectivity index (χ4v) is 2.80. The average molecular weight is 291 g/mol. The summed E-state index contributed by atoms with van der Waals surface area (Å²) in [4.78, 5) is 4.64. The van der Waals surface area contributed by atoms with Gasteiger partial charge in [-0.1, -0.05) is 6.07 Å². The van der Waals surface area contributed by atoms with E-state index in [4.69, 9.17) is 4.74 Å². The number of ether oxygens (including phenoxy) is 1. The summed E-state index contributed by atoms with van der Waals surface area (Å²) in [6, 6.07) is 6.60. The third-order valence-corrected chi connectivity index (χ3v) is 3.98. The van der Waals surface area contributed by atoms with Gasteiger partial charge in [0.2, 0.25) is 0 Å². The van der Waals surface area contributed by atoms with Crippen molar-refractivity contribution in [1.82, 2.24) is 10.2 Å². The van der Waals surface area contributed by atoms with Gasteiger partial charge in [0.05, 0.1) is 12.8 Å². The van der Waals surface area contributed by atoms with Gasteiger partial charge in [-0.3, -0.25) is 0 Å². The fraction of sp³-hybridized carbons (Fsp3) is 0.647. The monoisotopic (exact) mass is 291 g/mol. The van der Waals surface area contributed by atoms with Gasteiger partial charge in [-0.05, 0) is 64.1 Å². The second-order valence-corrected chi connectivity index (χ2v) is 6.03. The Hall–Kier alpha value is -1.26. The summed E-state index contributed by atoms with van der Waals surface area (Å²) in [6.45, 7) is 5.39. The van der Waals surface area contributed by atoms with Gasteiger partial charge in [0.15, 0.2) is 0 Å². The minimum absolute atomic E-state index is 0.907. The zero-order valence-electron chi connectivity index (χ0n) is 13.7. The Morgan fingerprint density at radius 2 is 2.00 bits per heavy atom. The molecule has 1 heterocycles. The van der Waals surface area contributed by atoms with E-state index in [0.29, 0.717) is 0 Å². The van der Waals surface area contributed by atoms with E-state index in [0.717, 1.165) is 38.5 Å². The van der Waals surface area contributed by atoms with Crippen molar-refractivity contribution in [3.05, 3.63) is 23.8 Å². The lowest BCUT2D eigenvalue weighted by atomic mass is 10.1. The Balaban J connectivity index is 1.86. The summed E-state index contributed by atoms with van der Waals surface area (Å²) in [5.41, 5.74) is 2.53. The highest BCUT2D eigenvalue weighted by molar-refractivity contribution is 5.60. The molecule has 2 rings (SSSR count). The van der Waals surface area contributed by atoms with E-state index >= 15 is 0 Å². The van der Waals surface area contributed by atoms with Gasteiger partial charge in [-0.2, -0.15) is 0 Å². The number of hydrogen-bond acceptors (Lipinski definition) is 4. The van der Waals surface area contributed by atoms with Crippen LogP contribution in [-0.4, -0.2) is 52.3 Å². The van der Waals surface area contributed by atoms with E-state index in [9.17, 15) is 0 Å². The first-order chi connectivity index (χ1) is 10.2. The minimum atomic E-state index is 0.907. The molecule has 1 aromatic carbocycles. The molecule has 0 atom stereocenters. The molecule has 0 aliphatic carbocycles. The molecule has 1 aliphatic heterocycles. The van der Waals surface area contributed by atoms with Crippen molar-refractivity contribution in [3.8, 4) is 5.75 Å². The van der Waals surface area contributed by atoms with Crippen LogP contribution >= 0.6 is 0 Å². The number of anilines is 1. The van der Waals surface area contributed by atoms with Crippen LogP contribution in [0.15, 0.2) is 18.2 Å². The first-order valence-electron chi connectivity index (χ1n) is 7.98. The standard InChI is InChI=1S/C17H29N3O/c1-19(2)10-6-9-18-14-15-7-8-16(17(13-15)21-3)20-11-4-5-12-20/h7-8,13,18H,4-6,9-12,14H2,1-3H3. The van der Waals surface area contributed by atoms with Gasteiger partial charge in [-0.15, -0.1) is 0 Å². The molecule has 4 nitrogen and oxygen atoms in total. The van der Waals surface area contributed by atoms with Crippen molar-refractivity contribution in [1.29, 1.82) is 0 Å². The summed E-state index contributed by atoms with van der Waals surface area (Å²) in [5, 5.41) is 3.50. The van der Waals surface area contributed by atoms with Crippen LogP contribution in [0.1, 0.15) is 24.8 Å². The van der Waals surface area contributed by atoms with Gasteiger partial charge < -0.3 is 19.9 Å². The van der Waals surface area contributed by atoms with Gasteiger partial charge in [0, 0.05) is 19.6 Å². The summed E-state index contributed by atoms with van der Waals surface area (Å²) < 4.78 is 5.58. The molecule has 1 saturated heterocycles. The minimum Gasteiger partial charge on any atom is -0.495 e. The molecule has 1 aromatic rings. The van der Waals surface area contributed by atoms with Crippen LogP contribution in [0.5, 0.6) is 5.75 Å². The van der Waals surface area contributed by atoms with Crippen molar-refractivity contribution in [2.45, 2.75) is 25.8 Å². The summed E-state index contributed by atoms with van der Waals surface area (Å²) in [7, 11) is 5.99. The van der Waals surface area contributed by atoms with Crippen molar-refractivity contribution in [2.75, 3.05) is 52.3 Å². The lowest BCUT2D eigenvalue weighted by Gasteiger charge is -2.21. The van der Waals surface area contributed by atoms with Gasteiger partial charge in [0.1, 0.15) is 5.75 Å². The number of nitrogens with one attached hydrogen (secondary N) is 1. The van der Waals surface area contributed by atoms with Crippen LogP contribution in [0.2, 0.25) is 0 Å². The maximum atomic E-state index is 5.58. The largest absolute Gasteiger partial charge is 0.495 e. The predicted molar refractivity (Wildman–Crippen MR) is 89.3 cm³/mol. The van der Waals surface area contributed by atoms with Gasteiger partial charge >= 0.3 is 0 Å². The molecule has 118 valence electrons. The van der Waals surface area contributed by atoms with Crippen molar-refractivity contribution >= 4 is 5.69 Å². The second kappa shape index (κ2) is 8.25. The fourth-order valence-electron chi connectivity index (χ4n) is 2.80. The number of rotatable bonds is 8. The smallest absolute Gasteiger partial charge is 0.142 e. The third kappa shape index (κ3) is 4.90. The van der Waals surface area contributed by atoms with E-state index in [2.05, 4.69) is 47.4 Å². The molecule has 0 unspecified atom stereocenters. The molecule has 4 heteroatoms. The normalized spacial score (nSPS) is 15.0. The summed E-state index contributed by atoms with van der Waals surface area (Å²) in [6.07, 6.45) is 3.76. The Kier molecular flexibility index (Phi) is 6.33. The quantitative estimate of drug-likeness (QED) is 0.744. The first kappa shape index (κ1) is 16.1. The summed E-state index contributed by atoms with van der Waals surface area (Å²) >= 11 is 0. The van der Waals surface area contributed by atoms with Crippen molar-refractivity contribution in [3.63, 3.8) is 0 Å². The molecule has 0 spiro atoms. The highest BCUT2D eigenvalue weighted by atomic mass is 16.5. The number of benzene rings is 1. The number of methoxy groups -OCH3 is 1. The zero-order valence-corrected chi connectivity index (χ0v) is 13.7. The van der Waals surface area contributed by atoms with Crippen LogP contribution in [0.3, 0.4) is 0 Å². The molecule has 21 heavy (non-hydrogen) atoms. The number of nitrogens with zero attached hydrogens (tertiary/aromatic N) is 2. The Morgan fingerprint density at radius 1 is 1.24 bits per heavy atom.